The van der Waals surface area contributed by atoms with Gasteiger partial charge in [0.25, 0.3) is 0 Å². The first kappa shape index (κ1) is 13.6. The van der Waals surface area contributed by atoms with Gasteiger partial charge in [0.2, 0.25) is 0 Å². The first-order chi connectivity index (χ1) is 9.00. The van der Waals surface area contributed by atoms with E-state index in [2.05, 4.69) is 13.5 Å². The summed E-state index contributed by atoms with van der Waals surface area (Å²) in [6.45, 7) is 6.71. The van der Waals surface area contributed by atoms with Crippen LogP contribution in [0, 0.1) is 29.1 Å². The highest BCUT2D eigenvalue weighted by atomic mass is 16.6. The van der Waals surface area contributed by atoms with Crippen molar-refractivity contribution in [2.75, 3.05) is 13.7 Å². The molecule has 0 radical (unpaired) electrons. The maximum absolute atomic E-state index is 11.0. The van der Waals surface area contributed by atoms with Gasteiger partial charge in [-0.05, 0) is 36.5 Å². The number of fused-ring (bicyclic) bond motifs is 2. The Morgan fingerprint density at radius 3 is 2.53 bits per heavy atom. The van der Waals surface area contributed by atoms with Crippen molar-refractivity contribution in [3.8, 4) is 0 Å². The van der Waals surface area contributed by atoms with Crippen LogP contribution in [-0.4, -0.2) is 29.7 Å². The fraction of sp³-hybridized carbons (Fsp3) is 0.875. The molecule has 19 heavy (non-hydrogen) atoms. The van der Waals surface area contributed by atoms with Gasteiger partial charge in [0.05, 0.1) is 0 Å². The Kier molecular flexibility index (Phi) is 3.08. The van der Waals surface area contributed by atoms with E-state index in [1.54, 1.807) is 7.11 Å². The minimum Gasteiger partial charge on any atom is -0.396 e. The maximum Gasteiger partial charge on any atom is 0.175 e. The molecule has 0 aromatic rings. The molecule has 2 N–H and O–H groups in total. The number of aliphatic hydroxyl groups is 2. The number of ether oxygens (including phenoxy) is 1. The topological polar surface area (TPSA) is 49.7 Å². The quantitative estimate of drug-likeness (QED) is 0.609. The Balaban J connectivity index is 2.00. The van der Waals surface area contributed by atoms with Gasteiger partial charge in [-0.1, -0.05) is 31.9 Å². The van der Waals surface area contributed by atoms with E-state index in [-0.39, 0.29) is 29.8 Å². The summed E-state index contributed by atoms with van der Waals surface area (Å²) in [5.41, 5.74) is 1.11. The Morgan fingerprint density at radius 1 is 1.37 bits per heavy atom. The molecule has 3 rings (SSSR count). The molecular weight excluding hydrogens is 240 g/mol. The molecule has 3 nitrogen and oxygen atoms in total. The van der Waals surface area contributed by atoms with Crippen molar-refractivity contribution in [3.05, 3.63) is 12.2 Å². The van der Waals surface area contributed by atoms with Crippen molar-refractivity contribution in [2.24, 2.45) is 29.1 Å². The lowest BCUT2D eigenvalue weighted by Gasteiger charge is -2.43. The second-order valence-corrected chi connectivity index (χ2v) is 6.95. The summed E-state index contributed by atoms with van der Waals surface area (Å²) in [7, 11) is 1.59. The van der Waals surface area contributed by atoms with E-state index in [4.69, 9.17) is 4.74 Å². The van der Waals surface area contributed by atoms with E-state index in [1.165, 1.54) is 25.7 Å². The highest BCUT2D eigenvalue weighted by Crippen LogP contribution is 2.69. The molecule has 0 heterocycles. The van der Waals surface area contributed by atoms with Gasteiger partial charge in [0.1, 0.15) is 0 Å². The van der Waals surface area contributed by atoms with Crippen LogP contribution in [0.3, 0.4) is 0 Å². The zero-order chi connectivity index (χ0) is 13.8. The van der Waals surface area contributed by atoms with Crippen LogP contribution < -0.4 is 0 Å². The summed E-state index contributed by atoms with van der Waals surface area (Å²) in [6, 6.07) is 0. The van der Waals surface area contributed by atoms with Gasteiger partial charge in [0.15, 0.2) is 5.79 Å². The molecule has 2 bridgehead atoms. The van der Waals surface area contributed by atoms with Crippen LogP contribution in [0.15, 0.2) is 12.2 Å². The fourth-order valence-electron chi connectivity index (χ4n) is 5.45. The van der Waals surface area contributed by atoms with Crippen LogP contribution in [0.25, 0.3) is 0 Å². The smallest absolute Gasteiger partial charge is 0.175 e. The predicted octanol–water partition coefficient (Wildman–Crippen LogP) is 2.33. The first-order valence-corrected chi connectivity index (χ1v) is 7.57. The zero-order valence-corrected chi connectivity index (χ0v) is 12.1. The zero-order valence-electron chi connectivity index (χ0n) is 12.1. The van der Waals surface area contributed by atoms with Crippen molar-refractivity contribution in [1.82, 2.24) is 0 Å². The number of hydrogen-bond acceptors (Lipinski definition) is 3. The summed E-state index contributed by atoms with van der Waals surface area (Å²) in [5.74, 6) is -0.393. The van der Waals surface area contributed by atoms with E-state index < -0.39 is 5.79 Å². The van der Waals surface area contributed by atoms with Crippen molar-refractivity contribution in [2.45, 2.75) is 44.8 Å². The normalized spacial score (nSPS) is 50.3. The average molecular weight is 266 g/mol. The Labute approximate surface area is 115 Å². The van der Waals surface area contributed by atoms with Crippen molar-refractivity contribution < 1.29 is 14.9 Å². The highest BCUT2D eigenvalue weighted by molar-refractivity contribution is 5.33. The van der Waals surface area contributed by atoms with Crippen LogP contribution in [0.1, 0.15) is 39.0 Å². The minimum absolute atomic E-state index is 0.0163. The molecule has 0 aromatic carbocycles. The van der Waals surface area contributed by atoms with Crippen LogP contribution >= 0.6 is 0 Å². The lowest BCUT2D eigenvalue weighted by molar-refractivity contribution is -0.225. The standard InChI is InChI=1S/C16H26O3/c1-10-14-11(9-17)8-13(16(14,18)19-3)15(10,2)12-6-4-5-7-12/h11-14,17-18H,1,4-9H2,2-3H3/t11-,13+,14+,15+,16+/m1/s1. The molecule has 3 fully saturated rings. The largest absolute Gasteiger partial charge is 0.396 e. The number of rotatable bonds is 3. The molecule has 0 spiro atoms. The monoisotopic (exact) mass is 266 g/mol. The molecule has 108 valence electrons. The molecule has 0 aliphatic heterocycles. The fourth-order valence-corrected chi connectivity index (χ4v) is 5.45. The van der Waals surface area contributed by atoms with Gasteiger partial charge >= 0.3 is 0 Å². The van der Waals surface area contributed by atoms with E-state index >= 15 is 0 Å². The third-order valence-electron chi connectivity index (χ3n) is 6.51. The van der Waals surface area contributed by atoms with Crippen LogP contribution in [0.2, 0.25) is 0 Å². The summed E-state index contributed by atoms with van der Waals surface area (Å²) in [5, 5.41) is 20.5. The predicted molar refractivity (Wildman–Crippen MR) is 73.3 cm³/mol. The molecule has 3 heteroatoms. The Hall–Kier alpha value is -0.380. The number of methoxy groups -OCH3 is 1. The molecule has 0 saturated heterocycles. The van der Waals surface area contributed by atoms with Gasteiger partial charge in [-0.15, -0.1) is 0 Å². The van der Waals surface area contributed by atoms with E-state index in [0.717, 1.165) is 12.0 Å². The van der Waals surface area contributed by atoms with Gasteiger partial charge in [-0.25, -0.2) is 0 Å². The Bertz CT molecular complexity index is 387. The second kappa shape index (κ2) is 4.31. The first-order valence-electron chi connectivity index (χ1n) is 7.57. The number of hydrogen-bond donors (Lipinski definition) is 2. The third-order valence-corrected chi connectivity index (χ3v) is 6.51. The molecule has 3 saturated carbocycles. The molecule has 0 amide bonds. The molecule has 5 atom stereocenters. The maximum atomic E-state index is 11.0. The highest BCUT2D eigenvalue weighted by Gasteiger charge is 2.70. The molecule has 0 aromatic heterocycles. The lowest BCUT2D eigenvalue weighted by atomic mass is 9.61. The third kappa shape index (κ3) is 1.50. The Morgan fingerprint density at radius 2 is 2.00 bits per heavy atom. The molecular formula is C16H26O3. The summed E-state index contributed by atoms with van der Waals surface area (Å²) < 4.78 is 5.53. The van der Waals surface area contributed by atoms with Crippen molar-refractivity contribution >= 4 is 0 Å². The lowest BCUT2D eigenvalue weighted by Crippen LogP contribution is -2.41. The summed E-state index contributed by atoms with van der Waals surface area (Å²) in [4.78, 5) is 0. The van der Waals surface area contributed by atoms with Crippen molar-refractivity contribution in [1.29, 1.82) is 0 Å². The van der Waals surface area contributed by atoms with E-state index in [9.17, 15) is 10.2 Å². The van der Waals surface area contributed by atoms with Crippen LogP contribution in [0.5, 0.6) is 0 Å². The minimum atomic E-state index is -1.11. The van der Waals surface area contributed by atoms with Gasteiger partial charge in [-0.2, -0.15) is 0 Å². The van der Waals surface area contributed by atoms with Gasteiger partial charge < -0.3 is 14.9 Å². The van der Waals surface area contributed by atoms with Crippen molar-refractivity contribution in [3.63, 3.8) is 0 Å². The van der Waals surface area contributed by atoms with Crippen LogP contribution in [0.4, 0.5) is 0 Å². The number of aliphatic hydroxyl groups excluding tert-OH is 1. The SMILES string of the molecule is C=C1[C@H]2[C@@H](CO)C[C@H]([C@]2(O)OC)[C@]1(C)C1CCCC1. The van der Waals surface area contributed by atoms with E-state index in [0.29, 0.717) is 5.92 Å². The van der Waals surface area contributed by atoms with Gasteiger partial charge in [-0.3, -0.25) is 0 Å². The average Bonchev–Trinajstić information content (AvgIpc) is 3.06. The van der Waals surface area contributed by atoms with Gasteiger partial charge in [0, 0.05) is 25.6 Å². The molecule has 3 aliphatic rings. The molecule has 0 unspecified atom stereocenters. The second-order valence-electron chi connectivity index (χ2n) is 6.95. The summed E-state index contributed by atoms with van der Waals surface area (Å²) in [6.07, 6.45) is 5.92. The summed E-state index contributed by atoms with van der Waals surface area (Å²) >= 11 is 0. The van der Waals surface area contributed by atoms with Crippen LogP contribution in [-0.2, 0) is 4.74 Å². The van der Waals surface area contributed by atoms with E-state index in [1.807, 2.05) is 0 Å². The molecule has 3 aliphatic carbocycles.